The lowest BCUT2D eigenvalue weighted by molar-refractivity contribution is -0.147. The number of amides is 1. The molecule has 2 heterocycles. The summed E-state index contributed by atoms with van der Waals surface area (Å²) in [6.07, 6.45) is 0.153. The zero-order valence-electron chi connectivity index (χ0n) is 17.2. The van der Waals surface area contributed by atoms with Crippen LogP contribution in [0.1, 0.15) is 31.4 Å². The van der Waals surface area contributed by atoms with E-state index in [1.165, 1.54) is 0 Å². The Morgan fingerprint density at radius 3 is 2.72 bits per heavy atom. The summed E-state index contributed by atoms with van der Waals surface area (Å²) >= 11 is 0. The van der Waals surface area contributed by atoms with Crippen LogP contribution in [0.4, 0.5) is 5.69 Å². The molecule has 1 amide bonds. The number of aromatic nitrogens is 2. The van der Waals surface area contributed by atoms with Crippen molar-refractivity contribution < 1.29 is 30.0 Å². The average molecular weight is 415 g/mol. The molecule has 29 heavy (non-hydrogen) atoms. The van der Waals surface area contributed by atoms with E-state index in [9.17, 15) is 25.2 Å². The highest BCUT2D eigenvalue weighted by atomic mass is 16.5. The molecule has 0 aromatic carbocycles. The summed E-state index contributed by atoms with van der Waals surface area (Å²) in [5.41, 5.74) is 1.34. The van der Waals surface area contributed by atoms with Gasteiger partial charge in [0.2, 0.25) is 5.91 Å². The largest absolute Gasteiger partial charge is 0.394 e. The summed E-state index contributed by atoms with van der Waals surface area (Å²) in [6, 6.07) is 0. The van der Waals surface area contributed by atoms with Gasteiger partial charge in [-0.25, -0.2) is 0 Å². The van der Waals surface area contributed by atoms with Gasteiger partial charge in [0, 0.05) is 26.4 Å². The van der Waals surface area contributed by atoms with E-state index >= 15 is 0 Å². The molecule has 0 bridgehead atoms. The third-order valence-corrected chi connectivity index (χ3v) is 5.08. The molecule has 2 rings (SSSR count). The van der Waals surface area contributed by atoms with E-state index in [-0.39, 0.29) is 19.0 Å². The quantitative estimate of drug-likeness (QED) is 0.413. The number of aryl methyl sites for hydroxylation is 2. The summed E-state index contributed by atoms with van der Waals surface area (Å²) in [7, 11) is 1.77. The Bertz CT molecular complexity index is 640. The molecule has 1 fully saturated rings. The molecule has 1 aromatic heterocycles. The standard InChI is InChI=1S/C19H34N4O6/c1-13-14(9-22(2)21-13)20-17(27)11-23-7-5-3-4-6-8-29-19(16(26)12-24)18(28)15(25)10-23/h9,15-16,18-19,24-26,28H,3-8,10-12H2,1-2H3,(H,20,27)/t15-,16-,18-,19-/m1/s1. The molecular weight excluding hydrogens is 380 g/mol. The highest BCUT2D eigenvalue weighted by molar-refractivity contribution is 5.92. The highest BCUT2D eigenvalue weighted by Crippen LogP contribution is 2.15. The van der Waals surface area contributed by atoms with Crippen molar-refractivity contribution in [3.63, 3.8) is 0 Å². The lowest BCUT2D eigenvalue weighted by Gasteiger charge is -2.33. The Balaban J connectivity index is 2.03. The van der Waals surface area contributed by atoms with Gasteiger partial charge in [0.25, 0.3) is 0 Å². The zero-order valence-corrected chi connectivity index (χ0v) is 17.2. The van der Waals surface area contributed by atoms with Crippen molar-refractivity contribution >= 4 is 11.6 Å². The minimum absolute atomic E-state index is 0.0403. The lowest BCUT2D eigenvalue weighted by Crippen LogP contribution is -2.52. The topological polar surface area (TPSA) is 140 Å². The van der Waals surface area contributed by atoms with Gasteiger partial charge in [-0.15, -0.1) is 0 Å². The van der Waals surface area contributed by atoms with Crippen molar-refractivity contribution in [2.45, 2.75) is 57.0 Å². The monoisotopic (exact) mass is 414 g/mol. The molecule has 5 N–H and O–H groups in total. The van der Waals surface area contributed by atoms with E-state index < -0.39 is 31.0 Å². The first kappa shape index (κ1) is 23.7. The molecule has 1 aromatic rings. The summed E-state index contributed by atoms with van der Waals surface area (Å²) in [6.45, 7) is 2.24. The maximum absolute atomic E-state index is 12.5. The Morgan fingerprint density at radius 2 is 2.07 bits per heavy atom. The van der Waals surface area contributed by atoms with Crippen molar-refractivity contribution in [2.24, 2.45) is 7.05 Å². The van der Waals surface area contributed by atoms with Crippen molar-refractivity contribution in [3.8, 4) is 0 Å². The van der Waals surface area contributed by atoms with Crippen LogP contribution in [0.5, 0.6) is 0 Å². The first-order valence-corrected chi connectivity index (χ1v) is 10.1. The Kier molecular flexibility index (Phi) is 9.47. The van der Waals surface area contributed by atoms with Crippen LogP contribution in [0.15, 0.2) is 6.20 Å². The highest BCUT2D eigenvalue weighted by Gasteiger charge is 2.34. The molecule has 166 valence electrons. The molecular formula is C19H34N4O6. The molecule has 10 heteroatoms. The number of carbonyl (C=O) groups excluding carboxylic acids is 1. The van der Waals surface area contributed by atoms with Gasteiger partial charge >= 0.3 is 0 Å². The second kappa shape index (κ2) is 11.6. The van der Waals surface area contributed by atoms with Crippen molar-refractivity contribution in [2.75, 3.05) is 38.2 Å². The third-order valence-electron chi connectivity index (χ3n) is 5.08. The van der Waals surface area contributed by atoms with Crippen molar-refractivity contribution in [1.29, 1.82) is 0 Å². The number of β-amino-alcohol motifs (C(OH)–C–C–N with tert-alkyl or cyclic N) is 1. The number of ether oxygens (including phenoxy) is 1. The normalized spacial score (nSPS) is 26.3. The van der Waals surface area contributed by atoms with Gasteiger partial charge in [-0.1, -0.05) is 12.8 Å². The number of nitrogens with one attached hydrogen (secondary N) is 1. The van der Waals surface area contributed by atoms with Crippen LogP contribution >= 0.6 is 0 Å². The number of hydrogen-bond acceptors (Lipinski definition) is 8. The number of aliphatic hydroxyl groups excluding tert-OH is 4. The first-order chi connectivity index (χ1) is 13.8. The van der Waals surface area contributed by atoms with Crippen LogP contribution in [0, 0.1) is 6.92 Å². The number of nitrogens with zero attached hydrogens (tertiary/aromatic N) is 3. The van der Waals surface area contributed by atoms with E-state index in [0.29, 0.717) is 24.5 Å². The Labute approximate surface area is 171 Å². The zero-order chi connectivity index (χ0) is 21.4. The molecule has 0 aliphatic carbocycles. The Morgan fingerprint density at radius 1 is 1.34 bits per heavy atom. The van der Waals surface area contributed by atoms with Crippen LogP contribution in [0.3, 0.4) is 0 Å². The molecule has 4 atom stereocenters. The fraction of sp³-hybridized carbons (Fsp3) is 0.789. The maximum atomic E-state index is 12.5. The minimum atomic E-state index is -1.39. The van der Waals surface area contributed by atoms with Gasteiger partial charge in [-0.3, -0.25) is 14.4 Å². The number of hydrogen-bond donors (Lipinski definition) is 5. The first-order valence-electron chi connectivity index (χ1n) is 10.1. The second-order valence-electron chi connectivity index (χ2n) is 7.64. The van der Waals surface area contributed by atoms with E-state index in [1.54, 1.807) is 29.7 Å². The van der Waals surface area contributed by atoms with E-state index in [0.717, 1.165) is 25.7 Å². The molecule has 1 saturated heterocycles. The number of aliphatic hydroxyl groups is 4. The molecule has 1 aliphatic rings. The predicted octanol–water partition coefficient (Wildman–Crippen LogP) is -0.997. The molecule has 0 spiro atoms. The van der Waals surface area contributed by atoms with Crippen molar-refractivity contribution in [3.05, 3.63) is 11.9 Å². The van der Waals surface area contributed by atoms with Gasteiger partial charge in [-0.05, 0) is 26.3 Å². The van der Waals surface area contributed by atoms with Crippen LogP contribution in [0.25, 0.3) is 0 Å². The smallest absolute Gasteiger partial charge is 0.238 e. The summed E-state index contributed by atoms with van der Waals surface area (Å²) in [4.78, 5) is 14.3. The lowest BCUT2D eigenvalue weighted by atomic mass is 10.0. The van der Waals surface area contributed by atoms with Gasteiger partial charge in [0.05, 0.1) is 30.6 Å². The van der Waals surface area contributed by atoms with Gasteiger partial charge < -0.3 is 30.5 Å². The van der Waals surface area contributed by atoms with Crippen LogP contribution in [-0.4, -0.2) is 98.3 Å². The van der Waals surface area contributed by atoms with Crippen LogP contribution in [0.2, 0.25) is 0 Å². The molecule has 0 unspecified atom stereocenters. The van der Waals surface area contributed by atoms with E-state index in [2.05, 4.69) is 10.4 Å². The number of anilines is 1. The average Bonchev–Trinajstić information content (AvgIpc) is 2.98. The molecule has 0 radical (unpaired) electrons. The van der Waals surface area contributed by atoms with E-state index in [1.807, 2.05) is 0 Å². The van der Waals surface area contributed by atoms with Crippen LogP contribution in [-0.2, 0) is 16.6 Å². The summed E-state index contributed by atoms with van der Waals surface area (Å²) < 4.78 is 7.15. The van der Waals surface area contributed by atoms with Gasteiger partial charge in [0.15, 0.2) is 0 Å². The number of rotatable bonds is 5. The fourth-order valence-corrected chi connectivity index (χ4v) is 3.49. The summed E-state index contributed by atoms with van der Waals surface area (Å²) in [5.74, 6) is -0.238. The van der Waals surface area contributed by atoms with Crippen LogP contribution < -0.4 is 5.32 Å². The maximum Gasteiger partial charge on any atom is 0.238 e. The number of carbonyl (C=O) groups is 1. The van der Waals surface area contributed by atoms with Gasteiger partial charge in [0.1, 0.15) is 18.3 Å². The summed E-state index contributed by atoms with van der Waals surface area (Å²) in [5, 5.41) is 47.1. The van der Waals surface area contributed by atoms with E-state index in [4.69, 9.17) is 4.74 Å². The molecule has 1 aliphatic heterocycles. The SMILES string of the molecule is Cc1nn(C)cc1NC(=O)CN1CCCCCCO[C@H]([C@H](O)CO)[C@H](O)[C@H](O)C1. The fourth-order valence-electron chi connectivity index (χ4n) is 3.49. The third kappa shape index (κ3) is 7.32. The Hall–Kier alpha value is -1.56. The molecule has 0 saturated carbocycles. The predicted molar refractivity (Wildman–Crippen MR) is 106 cm³/mol. The second-order valence-corrected chi connectivity index (χ2v) is 7.64. The minimum Gasteiger partial charge on any atom is -0.394 e. The van der Waals surface area contributed by atoms with Crippen molar-refractivity contribution in [1.82, 2.24) is 14.7 Å². The molecule has 10 nitrogen and oxygen atoms in total. The van der Waals surface area contributed by atoms with Gasteiger partial charge in [-0.2, -0.15) is 5.10 Å².